The smallest absolute Gasteiger partial charge is 0.220 e. The maximum atomic E-state index is 13.4. The van der Waals surface area contributed by atoms with E-state index in [0.717, 1.165) is 44.5 Å². The van der Waals surface area contributed by atoms with E-state index in [4.69, 9.17) is 0 Å². The monoisotopic (exact) mass is 346 g/mol. The van der Waals surface area contributed by atoms with Gasteiger partial charge in [0.05, 0.1) is 0 Å². The fourth-order valence-corrected chi connectivity index (χ4v) is 3.93. The van der Waals surface area contributed by atoms with E-state index in [1.807, 2.05) is 12.1 Å². The van der Waals surface area contributed by atoms with E-state index in [0.29, 0.717) is 6.42 Å². The Balaban J connectivity index is 1.45. The average molecular weight is 346 g/mol. The van der Waals surface area contributed by atoms with Gasteiger partial charge in [-0.15, -0.1) is 11.3 Å². The number of piperidine rings is 1. The standard InChI is InChI=1S/C19H23FN2OS/c20-15-5-1-7-17(13-15)22-11-3-6-16(14-22)21-19(23)10-2-8-18-9-4-12-24-18/h1,4-5,7,9,12-13,16H,2-3,6,8,10-11,14H2,(H,21,23)/t16-/m1/s1. The van der Waals surface area contributed by atoms with Crippen LogP contribution >= 0.6 is 11.3 Å². The molecule has 1 fully saturated rings. The van der Waals surface area contributed by atoms with Gasteiger partial charge in [-0.1, -0.05) is 12.1 Å². The maximum Gasteiger partial charge on any atom is 0.220 e. The van der Waals surface area contributed by atoms with Crippen LogP contribution in [0.25, 0.3) is 0 Å². The summed E-state index contributed by atoms with van der Waals surface area (Å²) in [6.45, 7) is 1.66. The molecule has 128 valence electrons. The van der Waals surface area contributed by atoms with Gasteiger partial charge in [0.1, 0.15) is 5.82 Å². The fraction of sp³-hybridized carbons (Fsp3) is 0.421. The summed E-state index contributed by atoms with van der Waals surface area (Å²) in [4.78, 5) is 15.6. The van der Waals surface area contributed by atoms with Crippen molar-refractivity contribution in [3.8, 4) is 0 Å². The number of nitrogens with zero attached hydrogens (tertiary/aromatic N) is 1. The molecule has 1 aliphatic rings. The molecule has 1 saturated heterocycles. The minimum atomic E-state index is -0.216. The lowest BCUT2D eigenvalue weighted by molar-refractivity contribution is -0.121. The molecule has 0 aliphatic carbocycles. The second-order valence-electron chi connectivity index (χ2n) is 6.27. The number of halogens is 1. The Morgan fingerprint density at radius 3 is 3.04 bits per heavy atom. The molecule has 1 atom stereocenters. The van der Waals surface area contributed by atoms with Gasteiger partial charge in [0.25, 0.3) is 0 Å². The van der Waals surface area contributed by atoms with E-state index in [1.165, 1.54) is 10.9 Å². The van der Waals surface area contributed by atoms with Crippen LogP contribution in [0.3, 0.4) is 0 Å². The lowest BCUT2D eigenvalue weighted by Crippen LogP contribution is -2.47. The Morgan fingerprint density at radius 1 is 1.33 bits per heavy atom. The van der Waals surface area contributed by atoms with Crippen LogP contribution in [0, 0.1) is 5.82 Å². The van der Waals surface area contributed by atoms with Crippen LogP contribution in [0.15, 0.2) is 41.8 Å². The Labute approximate surface area is 146 Å². The number of amides is 1. The van der Waals surface area contributed by atoms with Crippen molar-refractivity contribution in [1.29, 1.82) is 0 Å². The van der Waals surface area contributed by atoms with Crippen molar-refractivity contribution in [2.45, 2.75) is 38.1 Å². The third-order valence-corrected chi connectivity index (χ3v) is 5.30. The molecule has 1 aliphatic heterocycles. The Kier molecular flexibility index (Phi) is 5.86. The normalized spacial score (nSPS) is 17.7. The molecule has 2 heterocycles. The second-order valence-corrected chi connectivity index (χ2v) is 7.30. The first-order chi connectivity index (χ1) is 11.7. The summed E-state index contributed by atoms with van der Waals surface area (Å²) in [5.41, 5.74) is 0.895. The van der Waals surface area contributed by atoms with Crippen LogP contribution in [0.5, 0.6) is 0 Å². The lowest BCUT2D eigenvalue weighted by Gasteiger charge is -2.34. The van der Waals surface area contributed by atoms with E-state index in [9.17, 15) is 9.18 Å². The summed E-state index contributed by atoms with van der Waals surface area (Å²) < 4.78 is 13.4. The van der Waals surface area contributed by atoms with Crippen LogP contribution < -0.4 is 10.2 Å². The van der Waals surface area contributed by atoms with Crippen molar-refractivity contribution in [3.05, 3.63) is 52.5 Å². The highest BCUT2D eigenvalue weighted by atomic mass is 32.1. The molecule has 2 aromatic rings. The zero-order chi connectivity index (χ0) is 16.8. The first-order valence-corrected chi connectivity index (χ1v) is 9.41. The number of hydrogen-bond acceptors (Lipinski definition) is 3. The largest absolute Gasteiger partial charge is 0.369 e. The van der Waals surface area contributed by atoms with Crippen LogP contribution in [-0.2, 0) is 11.2 Å². The van der Waals surface area contributed by atoms with E-state index >= 15 is 0 Å². The molecule has 0 saturated carbocycles. The van der Waals surface area contributed by atoms with Crippen molar-refractivity contribution < 1.29 is 9.18 Å². The molecular formula is C19H23FN2OS. The third kappa shape index (κ3) is 4.81. The van der Waals surface area contributed by atoms with Gasteiger partial charge in [0, 0.05) is 36.1 Å². The predicted octanol–water partition coefficient (Wildman–Crippen LogP) is 4.00. The SMILES string of the molecule is O=C(CCCc1cccs1)N[C@@H]1CCCN(c2cccc(F)c2)C1. The second kappa shape index (κ2) is 8.29. The molecule has 0 bridgehead atoms. The maximum absolute atomic E-state index is 13.4. The van der Waals surface area contributed by atoms with Crippen molar-refractivity contribution in [2.24, 2.45) is 0 Å². The van der Waals surface area contributed by atoms with Crippen LogP contribution in [0.2, 0.25) is 0 Å². The van der Waals surface area contributed by atoms with Crippen LogP contribution in [0.1, 0.15) is 30.6 Å². The van der Waals surface area contributed by atoms with Gasteiger partial charge in [0.15, 0.2) is 0 Å². The van der Waals surface area contributed by atoms with Gasteiger partial charge >= 0.3 is 0 Å². The Bertz CT molecular complexity index is 659. The number of anilines is 1. The minimum Gasteiger partial charge on any atom is -0.369 e. The van der Waals surface area contributed by atoms with Gasteiger partial charge in [0.2, 0.25) is 5.91 Å². The van der Waals surface area contributed by atoms with Gasteiger partial charge in [-0.05, 0) is 55.3 Å². The van der Waals surface area contributed by atoms with Gasteiger partial charge in [-0.2, -0.15) is 0 Å². The summed E-state index contributed by atoms with van der Waals surface area (Å²) in [5.74, 6) is -0.0927. The number of benzene rings is 1. The van der Waals surface area contributed by atoms with Crippen LogP contribution in [-0.4, -0.2) is 25.0 Å². The number of rotatable bonds is 6. The number of carbonyl (C=O) groups excluding carboxylic acids is 1. The van der Waals surface area contributed by atoms with Crippen LogP contribution in [0.4, 0.5) is 10.1 Å². The van der Waals surface area contributed by atoms with Crippen molar-refractivity contribution in [1.82, 2.24) is 5.32 Å². The first kappa shape index (κ1) is 17.0. The first-order valence-electron chi connectivity index (χ1n) is 8.53. The van der Waals surface area contributed by atoms with E-state index < -0.39 is 0 Å². The minimum absolute atomic E-state index is 0.123. The lowest BCUT2D eigenvalue weighted by atomic mass is 10.0. The summed E-state index contributed by atoms with van der Waals surface area (Å²) in [5, 5.41) is 5.21. The summed E-state index contributed by atoms with van der Waals surface area (Å²) in [6.07, 6.45) is 4.41. The number of hydrogen-bond donors (Lipinski definition) is 1. The molecule has 3 rings (SSSR count). The molecule has 5 heteroatoms. The van der Waals surface area contributed by atoms with E-state index in [-0.39, 0.29) is 17.8 Å². The summed E-state index contributed by atoms with van der Waals surface area (Å²) in [7, 11) is 0. The van der Waals surface area contributed by atoms with E-state index in [2.05, 4.69) is 21.7 Å². The zero-order valence-electron chi connectivity index (χ0n) is 13.7. The third-order valence-electron chi connectivity index (χ3n) is 4.37. The molecule has 24 heavy (non-hydrogen) atoms. The van der Waals surface area contributed by atoms with Crippen molar-refractivity contribution in [3.63, 3.8) is 0 Å². The molecule has 1 aromatic carbocycles. The van der Waals surface area contributed by atoms with Gasteiger partial charge in [-0.3, -0.25) is 4.79 Å². The highest BCUT2D eigenvalue weighted by molar-refractivity contribution is 7.09. The zero-order valence-corrected chi connectivity index (χ0v) is 14.5. The number of aryl methyl sites for hydroxylation is 1. The highest BCUT2D eigenvalue weighted by Gasteiger charge is 2.21. The topological polar surface area (TPSA) is 32.3 Å². The summed E-state index contributed by atoms with van der Waals surface area (Å²) >= 11 is 1.74. The molecule has 0 unspecified atom stereocenters. The Hall–Kier alpha value is -1.88. The molecule has 1 amide bonds. The quantitative estimate of drug-likeness (QED) is 0.857. The highest BCUT2D eigenvalue weighted by Crippen LogP contribution is 2.21. The predicted molar refractivity (Wildman–Crippen MR) is 97.0 cm³/mol. The Morgan fingerprint density at radius 2 is 2.25 bits per heavy atom. The van der Waals surface area contributed by atoms with Gasteiger partial charge in [-0.25, -0.2) is 4.39 Å². The molecule has 0 radical (unpaired) electrons. The molecule has 0 spiro atoms. The van der Waals surface area contributed by atoms with Gasteiger partial charge < -0.3 is 10.2 Å². The molecule has 3 nitrogen and oxygen atoms in total. The molecule has 1 aromatic heterocycles. The number of carbonyl (C=O) groups is 1. The van der Waals surface area contributed by atoms with Crippen molar-refractivity contribution in [2.75, 3.05) is 18.0 Å². The fourth-order valence-electron chi connectivity index (χ4n) is 3.18. The van der Waals surface area contributed by atoms with Crippen molar-refractivity contribution >= 4 is 22.9 Å². The number of nitrogens with one attached hydrogen (secondary N) is 1. The average Bonchev–Trinajstić information content (AvgIpc) is 3.08. The summed E-state index contributed by atoms with van der Waals surface area (Å²) in [6, 6.07) is 11.0. The molecule has 1 N–H and O–H groups in total. The number of thiophene rings is 1. The van der Waals surface area contributed by atoms with E-state index in [1.54, 1.807) is 23.5 Å². The molecular weight excluding hydrogens is 323 g/mol.